The quantitative estimate of drug-likeness (QED) is 0.248. The summed E-state index contributed by atoms with van der Waals surface area (Å²) in [6, 6.07) is 26.1. The molecule has 0 spiro atoms. The number of para-hydroxylation sites is 3. The van der Waals surface area contributed by atoms with E-state index < -0.39 is 0 Å². The van der Waals surface area contributed by atoms with Gasteiger partial charge in [0, 0.05) is 23.3 Å². The average molecular weight is 467 g/mol. The number of hydrogen-bond acceptors (Lipinski definition) is 3. The van der Waals surface area contributed by atoms with Gasteiger partial charge in [-0.1, -0.05) is 82.3 Å². The fourth-order valence-corrected chi connectivity index (χ4v) is 4.31. The first-order valence-electron chi connectivity index (χ1n) is 12.3. The first kappa shape index (κ1) is 24.3. The van der Waals surface area contributed by atoms with Crippen molar-refractivity contribution in [3.8, 4) is 0 Å². The van der Waals surface area contributed by atoms with Crippen LogP contribution in [0.5, 0.6) is 0 Å². The Morgan fingerprint density at radius 3 is 2.20 bits per heavy atom. The molecule has 1 aromatic heterocycles. The third kappa shape index (κ3) is 5.99. The molecule has 4 aromatic rings. The first-order chi connectivity index (χ1) is 16.9. The van der Waals surface area contributed by atoms with Gasteiger partial charge in [0.1, 0.15) is 5.82 Å². The molecule has 3 N–H and O–H groups in total. The third-order valence-corrected chi connectivity index (χ3v) is 6.18. The first-order valence-corrected chi connectivity index (χ1v) is 12.3. The van der Waals surface area contributed by atoms with Gasteiger partial charge in [-0.25, -0.2) is 9.78 Å². The van der Waals surface area contributed by atoms with Crippen molar-refractivity contribution >= 4 is 34.1 Å². The van der Waals surface area contributed by atoms with E-state index in [4.69, 9.17) is 0 Å². The number of fused-ring (bicyclic) bond motifs is 1. The number of amides is 2. The summed E-state index contributed by atoms with van der Waals surface area (Å²) in [5.74, 6) is 1.47. The van der Waals surface area contributed by atoms with Crippen molar-refractivity contribution in [2.24, 2.45) is 0 Å². The molecule has 1 heterocycles. The lowest BCUT2D eigenvalue weighted by Gasteiger charge is -2.21. The number of nitrogens with zero attached hydrogens (tertiary/aromatic N) is 1. The molecule has 5 heteroatoms. The molecule has 0 aliphatic rings. The number of rotatable bonds is 8. The highest BCUT2D eigenvalue weighted by molar-refractivity contribution is 6.01. The summed E-state index contributed by atoms with van der Waals surface area (Å²) in [6.45, 7) is 9.30. The molecule has 35 heavy (non-hydrogen) atoms. The predicted octanol–water partition coefficient (Wildman–Crippen LogP) is 7.78. The minimum Gasteiger partial charge on any atom is -0.370 e. The fourth-order valence-electron chi connectivity index (χ4n) is 4.31. The molecule has 4 rings (SSSR count). The van der Waals surface area contributed by atoms with Gasteiger partial charge in [-0.05, 0) is 59.2 Å². The zero-order valence-electron chi connectivity index (χ0n) is 20.9. The molecule has 0 saturated heterocycles. The monoisotopic (exact) mass is 466 g/mol. The number of urea groups is 1. The van der Waals surface area contributed by atoms with Gasteiger partial charge in [0.25, 0.3) is 0 Å². The van der Waals surface area contributed by atoms with Crippen molar-refractivity contribution in [1.29, 1.82) is 0 Å². The smallest absolute Gasteiger partial charge is 0.323 e. The van der Waals surface area contributed by atoms with Crippen LogP contribution in [0.3, 0.4) is 0 Å². The second-order valence-electron chi connectivity index (χ2n) is 9.42. The Labute approximate surface area is 208 Å². The molecule has 0 aliphatic carbocycles. The lowest BCUT2D eigenvalue weighted by Crippen LogP contribution is -2.22. The van der Waals surface area contributed by atoms with Crippen LogP contribution in [0, 0.1) is 0 Å². The van der Waals surface area contributed by atoms with Crippen LogP contribution in [0.1, 0.15) is 56.2 Å². The fraction of sp³-hybridized carbons (Fsp3) is 0.267. The van der Waals surface area contributed by atoms with Gasteiger partial charge in [0.2, 0.25) is 0 Å². The third-order valence-electron chi connectivity index (χ3n) is 6.18. The molecule has 0 fully saturated rings. The molecule has 0 aliphatic heterocycles. The molecule has 5 nitrogen and oxygen atoms in total. The van der Waals surface area contributed by atoms with Crippen molar-refractivity contribution in [1.82, 2.24) is 4.98 Å². The van der Waals surface area contributed by atoms with E-state index in [0.29, 0.717) is 18.4 Å². The second kappa shape index (κ2) is 11.0. The Bertz CT molecular complexity index is 1290. The molecule has 0 bridgehead atoms. The van der Waals surface area contributed by atoms with Gasteiger partial charge >= 0.3 is 6.03 Å². The van der Waals surface area contributed by atoms with Gasteiger partial charge in [-0.15, -0.1) is 0 Å². The number of benzene rings is 3. The summed E-state index contributed by atoms with van der Waals surface area (Å²) >= 11 is 0. The van der Waals surface area contributed by atoms with E-state index in [1.54, 1.807) is 0 Å². The Morgan fingerprint density at radius 2 is 1.46 bits per heavy atom. The summed E-state index contributed by atoms with van der Waals surface area (Å²) in [7, 11) is 0. The number of hydrogen-bond donors (Lipinski definition) is 3. The van der Waals surface area contributed by atoms with Crippen LogP contribution in [0.2, 0.25) is 0 Å². The van der Waals surface area contributed by atoms with Gasteiger partial charge in [0.15, 0.2) is 0 Å². The van der Waals surface area contributed by atoms with Crippen LogP contribution in [0.4, 0.5) is 22.0 Å². The van der Waals surface area contributed by atoms with E-state index >= 15 is 0 Å². The topological polar surface area (TPSA) is 66.1 Å². The van der Waals surface area contributed by atoms with Gasteiger partial charge < -0.3 is 16.0 Å². The molecule has 3 aromatic carbocycles. The van der Waals surface area contributed by atoms with Crippen molar-refractivity contribution in [2.75, 3.05) is 22.5 Å². The highest BCUT2D eigenvalue weighted by Gasteiger charge is 2.16. The number of carbonyl (C=O) groups excluding carboxylic acids is 1. The Balaban J connectivity index is 1.43. The Hall–Kier alpha value is -3.86. The van der Waals surface area contributed by atoms with Gasteiger partial charge in [0.05, 0.1) is 5.52 Å². The number of carbonyl (C=O) groups is 1. The van der Waals surface area contributed by atoms with E-state index in [9.17, 15) is 4.79 Å². The van der Waals surface area contributed by atoms with Crippen molar-refractivity contribution in [3.05, 3.63) is 95.6 Å². The van der Waals surface area contributed by atoms with Crippen LogP contribution >= 0.6 is 0 Å². The Kier molecular flexibility index (Phi) is 7.66. The molecule has 0 atom stereocenters. The largest absolute Gasteiger partial charge is 0.370 e. The molecule has 2 amide bonds. The lowest BCUT2D eigenvalue weighted by molar-refractivity contribution is 0.262. The highest BCUT2D eigenvalue weighted by Crippen LogP contribution is 2.32. The summed E-state index contributed by atoms with van der Waals surface area (Å²) in [5.41, 5.74) is 6.05. The van der Waals surface area contributed by atoms with Crippen LogP contribution in [-0.4, -0.2) is 17.6 Å². The molecule has 180 valence electrons. The zero-order chi connectivity index (χ0) is 24.8. The van der Waals surface area contributed by atoms with Crippen LogP contribution in [0.25, 0.3) is 10.9 Å². The van der Waals surface area contributed by atoms with Gasteiger partial charge in [-0.2, -0.15) is 0 Å². The maximum Gasteiger partial charge on any atom is 0.323 e. The summed E-state index contributed by atoms with van der Waals surface area (Å²) in [5, 5.41) is 10.7. The maximum absolute atomic E-state index is 13.1. The van der Waals surface area contributed by atoms with E-state index in [0.717, 1.165) is 51.2 Å². The van der Waals surface area contributed by atoms with Crippen LogP contribution < -0.4 is 16.0 Å². The SMILES string of the molecule is CC(C)c1cccc(C(C)C)c1NC(=O)Nc1ccccc1CCNc1ccc2ccccc2n1. The lowest BCUT2D eigenvalue weighted by atomic mass is 9.93. The van der Waals surface area contributed by atoms with E-state index in [1.165, 1.54) is 0 Å². The average Bonchev–Trinajstić information content (AvgIpc) is 2.84. The van der Waals surface area contributed by atoms with E-state index in [-0.39, 0.29) is 6.03 Å². The van der Waals surface area contributed by atoms with Crippen LogP contribution in [0.15, 0.2) is 78.9 Å². The Morgan fingerprint density at radius 1 is 0.771 bits per heavy atom. The standard InChI is InChI=1S/C30H34N4O/c1-20(2)24-12-9-13-25(21(3)4)29(24)34-30(35)33-27-15-8-6-11-23(27)18-19-31-28-17-16-22-10-5-7-14-26(22)32-28/h5-17,20-21H,18-19H2,1-4H3,(H,31,32)(H2,33,34,35). The summed E-state index contributed by atoms with van der Waals surface area (Å²) in [6.07, 6.45) is 0.755. The number of anilines is 3. The van der Waals surface area contributed by atoms with Crippen molar-refractivity contribution < 1.29 is 4.79 Å². The highest BCUT2D eigenvalue weighted by atomic mass is 16.2. The van der Waals surface area contributed by atoms with Gasteiger partial charge in [-0.3, -0.25) is 0 Å². The molecule has 0 radical (unpaired) electrons. The second-order valence-corrected chi connectivity index (χ2v) is 9.42. The summed E-state index contributed by atoms with van der Waals surface area (Å²) < 4.78 is 0. The molecular weight excluding hydrogens is 432 g/mol. The molecule has 0 unspecified atom stereocenters. The number of nitrogens with one attached hydrogen (secondary N) is 3. The number of pyridine rings is 1. The van der Waals surface area contributed by atoms with E-state index in [1.807, 2.05) is 48.5 Å². The summed E-state index contributed by atoms with van der Waals surface area (Å²) in [4.78, 5) is 17.7. The minimum atomic E-state index is -0.225. The normalized spacial score (nSPS) is 11.1. The van der Waals surface area contributed by atoms with E-state index in [2.05, 4.69) is 79.0 Å². The maximum atomic E-state index is 13.1. The predicted molar refractivity (Wildman–Crippen MR) is 148 cm³/mol. The number of aromatic nitrogens is 1. The van der Waals surface area contributed by atoms with Crippen LogP contribution in [-0.2, 0) is 6.42 Å². The zero-order valence-corrected chi connectivity index (χ0v) is 20.9. The van der Waals surface area contributed by atoms with Crippen molar-refractivity contribution in [3.63, 3.8) is 0 Å². The minimum absolute atomic E-state index is 0.225. The molecule has 0 saturated carbocycles. The molecular formula is C30H34N4O. The van der Waals surface area contributed by atoms with Crippen molar-refractivity contribution in [2.45, 2.75) is 46.0 Å².